The van der Waals surface area contributed by atoms with Gasteiger partial charge in [0.15, 0.2) is 0 Å². The predicted molar refractivity (Wildman–Crippen MR) is 61.8 cm³/mol. The quantitative estimate of drug-likeness (QED) is 0.826. The van der Waals surface area contributed by atoms with Crippen LogP contribution in [0.25, 0.3) is 0 Å². The van der Waals surface area contributed by atoms with E-state index in [1.807, 2.05) is 6.92 Å². The van der Waals surface area contributed by atoms with Crippen LogP contribution in [0.1, 0.15) is 11.3 Å². The van der Waals surface area contributed by atoms with E-state index in [2.05, 4.69) is 5.10 Å². The topological polar surface area (TPSA) is 81.1 Å². The Kier molecular flexibility index (Phi) is 7.39. The van der Waals surface area contributed by atoms with Crippen molar-refractivity contribution < 1.29 is 9.90 Å². The fourth-order valence-corrected chi connectivity index (χ4v) is 1.17. The Hall–Kier alpha value is -0.780. The highest BCUT2D eigenvalue weighted by molar-refractivity contribution is 5.85. The zero-order valence-corrected chi connectivity index (χ0v) is 10.1. The summed E-state index contributed by atoms with van der Waals surface area (Å²) in [6.45, 7) is 1.84. The first-order chi connectivity index (χ1) is 6.00. The Labute approximate surface area is 100 Å². The first-order valence-electron chi connectivity index (χ1n) is 3.98. The van der Waals surface area contributed by atoms with Crippen molar-refractivity contribution in [3.63, 3.8) is 0 Å². The molecule has 1 atom stereocenters. The molecule has 0 fully saturated rings. The molecule has 1 rings (SSSR count). The normalized spacial score (nSPS) is 11.1. The van der Waals surface area contributed by atoms with Gasteiger partial charge in [-0.1, -0.05) is 0 Å². The molecular formula is C8H15Cl2N3O2. The number of carboxylic acid groups (broad SMARTS) is 1. The second-order valence-electron chi connectivity index (χ2n) is 3.06. The number of hydrogen-bond acceptors (Lipinski definition) is 3. The summed E-state index contributed by atoms with van der Waals surface area (Å²) in [5.41, 5.74) is 7.11. The molecule has 3 N–H and O–H groups in total. The lowest BCUT2D eigenvalue weighted by Crippen LogP contribution is -2.32. The lowest BCUT2D eigenvalue weighted by Gasteiger charge is -2.03. The maximum Gasteiger partial charge on any atom is 0.320 e. The molecule has 5 nitrogen and oxygen atoms in total. The van der Waals surface area contributed by atoms with E-state index in [9.17, 15) is 4.79 Å². The van der Waals surface area contributed by atoms with Crippen LogP contribution in [0.3, 0.4) is 0 Å². The summed E-state index contributed by atoms with van der Waals surface area (Å²) in [5, 5.41) is 12.7. The zero-order chi connectivity index (χ0) is 10.0. The molecule has 0 spiro atoms. The number of carbonyl (C=O) groups is 1. The van der Waals surface area contributed by atoms with Crippen LogP contribution < -0.4 is 5.73 Å². The monoisotopic (exact) mass is 255 g/mol. The molecule has 1 aromatic rings. The van der Waals surface area contributed by atoms with Crippen LogP contribution in [0.2, 0.25) is 0 Å². The summed E-state index contributed by atoms with van der Waals surface area (Å²) in [4.78, 5) is 10.5. The van der Waals surface area contributed by atoms with Gasteiger partial charge in [-0.2, -0.15) is 5.10 Å². The minimum Gasteiger partial charge on any atom is -0.480 e. The van der Waals surface area contributed by atoms with Crippen LogP contribution in [0, 0.1) is 6.92 Å². The van der Waals surface area contributed by atoms with Crippen molar-refractivity contribution in [1.82, 2.24) is 9.78 Å². The van der Waals surface area contributed by atoms with Gasteiger partial charge in [-0.25, -0.2) is 0 Å². The molecule has 15 heavy (non-hydrogen) atoms. The van der Waals surface area contributed by atoms with Gasteiger partial charge in [0.1, 0.15) is 6.04 Å². The van der Waals surface area contributed by atoms with Crippen LogP contribution >= 0.6 is 24.8 Å². The third-order valence-corrected chi connectivity index (χ3v) is 1.87. The van der Waals surface area contributed by atoms with Crippen LogP contribution in [0.15, 0.2) is 6.20 Å². The molecule has 1 heterocycles. The average Bonchev–Trinajstić information content (AvgIpc) is 2.30. The van der Waals surface area contributed by atoms with Gasteiger partial charge in [0.2, 0.25) is 0 Å². The maximum absolute atomic E-state index is 10.5. The number of nitrogens with two attached hydrogens (primary N) is 1. The number of aryl methyl sites for hydroxylation is 2. The average molecular weight is 256 g/mol. The molecule has 0 saturated heterocycles. The lowest BCUT2D eigenvalue weighted by molar-refractivity contribution is -0.138. The SMILES string of the molecule is Cc1nn(C)cc1CC(N)C(=O)O.Cl.Cl. The van der Waals surface area contributed by atoms with Crippen LogP contribution in [-0.2, 0) is 18.3 Å². The molecule has 0 aliphatic carbocycles. The standard InChI is InChI=1S/C8H13N3O2.2ClH/c1-5-6(4-11(2)10-5)3-7(9)8(12)13;;/h4,7H,3,9H2,1-2H3,(H,12,13);2*1H. The third-order valence-electron chi connectivity index (χ3n) is 1.87. The molecule has 0 aromatic carbocycles. The van der Waals surface area contributed by atoms with Crippen molar-refractivity contribution in [1.29, 1.82) is 0 Å². The number of aliphatic carboxylic acids is 1. The van der Waals surface area contributed by atoms with Gasteiger partial charge in [-0.3, -0.25) is 9.48 Å². The third kappa shape index (κ3) is 4.51. The van der Waals surface area contributed by atoms with Crippen LogP contribution in [0.4, 0.5) is 0 Å². The summed E-state index contributed by atoms with van der Waals surface area (Å²) >= 11 is 0. The van der Waals surface area contributed by atoms with Crippen molar-refractivity contribution in [3.8, 4) is 0 Å². The molecule has 88 valence electrons. The molecule has 0 saturated carbocycles. The summed E-state index contributed by atoms with van der Waals surface area (Å²) in [7, 11) is 1.79. The van der Waals surface area contributed by atoms with Crippen LogP contribution in [0.5, 0.6) is 0 Å². The van der Waals surface area contributed by atoms with Gasteiger partial charge >= 0.3 is 5.97 Å². The van der Waals surface area contributed by atoms with E-state index in [-0.39, 0.29) is 24.8 Å². The number of nitrogens with zero attached hydrogens (tertiary/aromatic N) is 2. The van der Waals surface area contributed by atoms with E-state index in [0.29, 0.717) is 6.42 Å². The Balaban J connectivity index is 0. The minimum absolute atomic E-state index is 0. The first kappa shape index (κ1) is 16.6. The minimum atomic E-state index is -0.983. The summed E-state index contributed by atoms with van der Waals surface area (Å²) in [6, 6.07) is -0.845. The van der Waals surface area contributed by atoms with Gasteiger partial charge in [0.25, 0.3) is 0 Å². The van der Waals surface area contributed by atoms with E-state index < -0.39 is 12.0 Å². The van der Waals surface area contributed by atoms with E-state index in [1.54, 1.807) is 17.9 Å². The molecule has 1 unspecified atom stereocenters. The Morgan fingerprint density at radius 2 is 2.20 bits per heavy atom. The number of carboxylic acids is 1. The Morgan fingerprint density at radius 1 is 1.67 bits per heavy atom. The van der Waals surface area contributed by atoms with Crippen molar-refractivity contribution in [2.24, 2.45) is 12.8 Å². The van der Waals surface area contributed by atoms with E-state index >= 15 is 0 Å². The predicted octanol–water partition coefficient (Wildman–Crippen LogP) is 0.527. The second-order valence-corrected chi connectivity index (χ2v) is 3.06. The van der Waals surface area contributed by atoms with Gasteiger partial charge in [0, 0.05) is 19.7 Å². The van der Waals surface area contributed by atoms with Crippen molar-refractivity contribution in [3.05, 3.63) is 17.5 Å². The molecule has 0 aliphatic heterocycles. The lowest BCUT2D eigenvalue weighted by atomic mass is 10.1. The van der Waals surface area contributed by atoms with Crippen LogP contribution in [-0.4, -0.2) is 26.9 Å². The van der Waals surface area contributed by atoms with E-state index in [4.69, 9.17) is 10.8 Å². The summed E-state index contributed by atoms with van der Waals surface area (Å²) in [5.74, 6) is -0.983. The van der Waals surface area contributed by atoms with E-state index in [1.165, 1.54) is 0 Å². The van der Waals surface area contributed by atoms with Crippen molar-refractivity contribution >= 4 is 30.8 Å². The molecule has 7 heteroatoms. The Morgan fingerprint density at radius 3 is 2.53 bits per heavy atom. The zero-order valence-electron chi connectivity index (χ0n) is 8.51. The highest BCUT2D eigenvalue weighted by Gasteiger charge is 2.14. The molecular weight excluding hydrogens is 241 g/mol. The molecule has 1 aromatic heterocycles. The second kappa shape index (κ2) is 6.66. The van der Waals surface area contributed by atoms with E-state index in [0.717, 1.165) is 11.3 Å². The number of halogens is 2. The molecule has 0 bridgehead atoms. The van der Waals surface area contributed by atoms with Gasteiger partial charge in [-0.15, -0.1) is 24.8 Å². The molecule has 0 radical (unpaired) electrons. The highest BCUT2D eigenvalue weighted by atomic mass is 35.5. The highest BCUT2D eigenvalue weighted by Crippen LogP contribution is 2.06. The maximum atomic E-state index is 10.5. The van der Waals surface area contributed by atoms with Crippen molar-refractivity contribution in [2.45, 2.75) is 19.4 Å². The van der Waals surface area contributed by atoms with Crippen molar-refractivity contribution in [2.75, 3.05) is 0 Å². The smallest absolute Gasteiger partial charge is 0.320 e. The van der Waals surface area contributed by atoms with Gasteiger partial charge < -0.3 is 10.8 Å². The largest absolute Gasteiger partial charge is 0.480 e. The Bertz CT molecular complexity index is 328. The fraction of sp³-hybridized carbons (Fsp3) is 0.500. The molecule has 0 aliphatic rings. The first-order valence-corrected chi connectivity index (χ1v) is 3.98. The number of rotatable bonds is 3. The number of aromatic nitrogens is 2. The number of hydrogen-bond donors (Lipinski definition) is 2. The fourth-order valence-electron chi connectivity index (χ4n) is 1.17. The summed E-state index contributed by atoms with van der Waals surface area (Å²) in [6.07, 6.45) is 2.12. The summed E-state index contributed by atoms with van der Waals surface area (Å²) < 4.78 is 1.65. The molecule has 0 amide bonds. The van der Waals surface area contributed by atoms with Gasteiger partial charge in [-0.05, 0) is 12.5 Å². The van der Waals surface area contributed by atoms with Gasteiger partial charge in [0.05, 0.1) is 5.69 Å².